The van der Waals surface area contributed by atoms with Crippen molar-refractivity contribution >= 4 is 63.2 Å². The summed E-state index contributed by atoms with van der Waals surface area (Å²) in [7, 11) is 1.51. The highest BCUT2D eigenvalue weighted by Gasteiger charge is 2.27. The number of aromatic nitrogens is 2. The molecular weight excluding hydrogens is 564 g/mol. The molecule has 202 valence electrons. The standard InChI is InChI=1S/C26H23ClN4O6S2/c1-4-36-25(34)21-14(2)20(22(33)28-16-8-6-5-7-9-16)24(39-21)29-19(32)13-38-26-31-30-23(37-26)17-12-15(27)10-11-18(17)35-3/h5-12H,4,13H2,1-3H3,(H,28,33)(H,29,32). The van der Waals surface area contributed by atoms with Gasteiger partial charge in [-0.25, -0.2) is 4.79 Å². The summed E-state index contributed by atoms with van der Waals surface area (Å²) in [5, 5.41) is 14.4. The molecule has 0 radical (unpaired) electrons. The summed E-state index contributed by atoms with van der Waals surface area (Å²) in [5.41, 5.74) is 1.68. The van der Waals surface area contributed by atoms with Gasteiger partial charge in [-0.15, -0.1) is 21.5 Å². The quantitative estimate of drug-likeness (QED) is 0.171. The zero-order chi connectivity index (χ0) is 27.9. The minimum Gasteiger partial charge on any atom is -0.496 e. The molecule has 13 heteroatoms. The Morgan fingerprint density at radius 2 is 1.87 bits per heavy atom. The summed E-state index contributed by atoms with van der Waals surface area (Å²) in [4.78, 5) is 38.7. The van der Waals surface area contributed by atoms with Crippen molar-refractivity contribution in [3.8, 4) is 17.2 Å². The Kier molecular flexibility index (Phi) is 9.23. The SMILES string of the molecule is CCOC(=O)c1sc(NC(=O)CSc2nnc(-c3cc(Cl)ccc3OC)o2)c(C(=O)Nc2ccccc2)c1C. The Morgan fingerprint density at radius 1 is 1.10 bits per heavy atom. The summed E-state index contributed by atoms with van der Waals surface area (Å²) in [6.45, 7) is 3.50. The molecule has 39 heavy (non-hydrogen) atoms. The molecule has 0 bridgehead atoms. The highest BCUT2D eigenvalue weighted by Crippen LogP contribution is 2.35. The zero-order valence-corrected chi connectivity index (χ0v) is 23.5. The second-order valence-electron chi connectivity index (χ2n) is 7.86. The van der Waals surface area contributed by atoms with Crippen LogP contribution in [0.1, 0.15) is 32.5 Å². The fourth-order valence-electron chi connectivity index (χ4n) is 3.50. The first-order valence-corrected chi connectivity index (χ1v) is 13.8. The maximum Gasteiger partial charge on any atom is 0.348 e. The number of hydrogen-bond donors (Lipinski definition) is 2. The van der Waals surface area contributed by atoms with Crippen molar-refractivity contribution in [3.05, 3.63) is 69.6 Å². The van der Waals surface area contributed by atoms with Crippen LogP contribution in [-0.2, 0) is 9.53 Å². The normalized spacial score (nSPS) is 10.7. The van der Waals surface area contributed by atoms with Gasteiger partial charge in [-0.05, 0) is 49.7 Å². The second kappa shape index (κ2) is 12.8. The number of thiophene rings is 1. The zero-order valence-electron chi connectivity index (χ0n) is 21.1. The topological polar surface area (TPSA) is 133 Å². The van der Waals surface area contributed by atoms with Gasteiger partial charge < -0.3 is 24.5 Å². The fraction of sp³-hybridized carbons (Fsp3) is 0.192. The Labute approximate surface area is 237 Å². The Bertz CT molecular complexity index is 1510. The number of benzene rings is 2. The molecule has 0 spiro atoms. The van der Waals surface area contributed by atoms with Crippen LogP contribution >= 0.6 is 34.7 Å². The van der Waals surface area contributed by atoms with E-state index in [1.807, 2.05) is 6.07 Å². The van der Waals surface area contributed by atoms with E-state index in [0.29, 0.717) is 27.6 Å². The van der Waals surface area contributed by atoms with Gasteiger partial charge in [-0.3, -0.25) is 9.59 Å². The molecule has 2 amide bonds. The van der Waals surface area contributed by atoms with Crippen molar-refractivity contribution in [1.82, 2.24) is 10.2 Å². The van der Waals surface area contributed by atoms with Gasteiger partial charge in [0.05, 0.1) is 30.6 Å². The van der Waals surface area contributed by atoms with Gasteiger partial charge >= 0.3 is 5.97 Å². The van der Waals surface area contributed by atoms with Crippen molar-refractivity contribution in [2.24, 2.45) is 0 Å². The van der Waals surface area contributed by atoms with Crippen LogP contribution in [0.15, 0.2) is 58.2 Å². The highest BCUT2D eigenvalue weighted by molar-refractivity contribution is 7.99. The molecular formula is C26H23ClN4O6S2. The molecule has 4 rings (SSSR count). The number of para-hydroxylation sites is 1. The first kappa shape index (κ1) is 28.1. The number of carbonyl (C=O) groups is 3. The molecule has 4 aromatic rings. The Hall–Kier alpha value is -3.87. The molecule has 2 aromatic heterocycles. The molecule has 0 aliphatic carbocycles. The van der Waals surface area contributed by atoms with E-state index in [1.165, 1.54) is 7.11 Å². The molecule has 0 aliphatic heterocycles. The number of esters is 1. The van der Waals surface area contributed by atoms with Gasteiger partial charge in [0, 0.05) is 10.7 Å². The van der Waals surface area contributed by atoms with Crippen LogP contribution in [0.3, 0.4) is 0 Å². The van der Waals surface area contributed by atoms with E-state index in [2.05, 4.69) is 20.8 Å². The number of hydrogen-bond acceptors (Lipinski definition) is 10. The molecule has 0 saturated carbocycles. The molecule has 0 aliphatic rings. The third-order valence-electron chi connectivity index (χ3n) is 5.24. The summed E-state index contributed by atoms with van der Waals surface area (Å²) >= 11 is 8.07. The van der Waals surface area contributed by atoms with Crippen molar-refractivity contribution in [2.45, 2.75) is 19.1 Å². The Morgan fingerprint density at radius 3 is 2.59 bits per heavy atom. The molecule has 0 fully saturated rings. The van der Waals surface area contributed by atoms with Crippen LogP contribution in [0.4, 0.5) is 10.7 Å². The van der Waals surface area contributed by atoms with Crippen LogP contribution in [-0.4, -0.2) is 47.5 Å². The third-order valence-corrected chi connectivity index (χ3v) is 7.49. The number of nitrogens with zero attached hydrogens (tertiary/aromatic N) is 2. The van der Waals surface area contributed by atoms with E-state index in [4.69, 9.17) is 25.5 Å². The van der Waals surface area contributed by atoms with Crippen molar-refractivity contribution in [3.63, 3.8) is 0 Å². The van der Waals surface area contributed by atoms with Crippen LogP contribution < -0.4 is 15.4 Å². The number of rotatable bonds is 10. The van der Waals surface area contributed by atoms with E-state index in [1.54, 1.807) is 56.3 Å². The minimum absolute atomic E-state index is 0.0975. The summed E-state index contributed by atoms with van der Waals surface area (Å²) in [5.74, 6) is -0.886. The lowest BCUT2D eigenvalue weighted by Gasteiger charge is -2.08. The molecule has 0 saturated heterocycles. The predicted octanol–water partition coefficient (Wildman–Crippen LogP) is 5.93. The van der Waals surface area contributed by atoms with E-state index in [-0.39, 0.29) is 38.9 Å². The highest BCUT2D eigenvalue weighted by atomic mass is 35.5. The van der Waals surface area contributed by atoms with Gasteiger partial charge in [0.2, 0.25) is 5.91 Å². The van der Waals surface area contributed by atoms with Gasteiger partial charge in [0.1, 0.15) is 15.6 Å². The van der Waals surface area contributed by atoms with Gasteiger partial charge in [-0.1, -0.05) is 41.6 Å². The molecule has 2 heterocycles. The summed E-state index contributed by atoms with van der Waals surface area (Å²) < 4.78 is 16.1. The van der Waals surface area contributed by atoms with Crippen LogP contribution in [0, 0.1) is 6.92 Å². The van der Waals surface area contributed by atoms with Crippen LogP contribution in [0.25, 0.3) is 11.5 Å². The number of nitrogens with one attached hydrogen (secondary N) is 2. The largest absolute Gasteiger partial charge is 0.496 e. The molecule has 10 nitrogen and oxygen atoms in total. The predicted molar refractivity (Wildman–Crippen MR) is 150 cm³/mol. The molecule has 0 atom stereocenters. The van der Waals surface area contributed by atoms with Gasteiger partial charge in [-0.2, -0.15) is 0 Å². The fourth-order valence-corrected chi connectivity index (χ4v) is 5.35. The molecule has 0 unspecified atom stereocenters. The Balaban J connectivity index is 1.50. The first-order chi connectivity index (χ1) is 18.8. The van der Waals surface area contributed by atoms with Gasteiger partial charge in [0.15, 0.2) is 0 Å². The lowest BCUT2D eigenvalue weighted by molar-refractivity contribution is -0.113. The van der Waals surface area contributed by atoms with E-state index >= 15 is 0 Å². The van der Waals surface area contributed by atoms with E-state index in [9.17, 15) is 14.4 Å². The minimum atomic E-state index is -0.571. The monoisotopic (exact) mass is 586 g/mol. The molecule has 2 aromatic carbocycles. The summed E-state index contributed by atoms with van der Waals surface area (Å²) in [6.07, 6.45) is 0. The maximum absolute atomic E-state index is 13.2. The second-order valence-corrected chi connectivity index (χ2v) is 10.2. The van der Waals surface area contributed by atoms with Crippen molar-refractivity contribution in [2.75, 3.05) is 30.1 Å². The van der Waals surface area contributed by atoms with Crippen molar-refractivity contribution in [1.29, 1.82) is 0 Å². The number of anilines is 2. The van der Waals surface area contributed by atoms with E-state index in [0.717, 1.165) is 23.1 Å². The lowest BCUT2D eigenvalue weighted by Crippen LogP contribution is -2.18. The average Bonchev–Trinajstić information content (AvgIpc) is 3.52. The average molecular weight is 587 g/mol. The number of amides is 2. The summed E-state index contributed by atoms with van der Waals surface area (Å²) in [6, 6.07) is 13.9. The number of methoxy groups -OCH3 is 1. The maximum atomic E-state index is 13.2. The molecule has 2 N–H and O–H groups in total. The number of halogens is 1. The number of carbonyl (C=O) groups excluding carboxylic acids is 3. The first-order valence-electron chi connectivity index (χ1n) is 11.6. The lowest BCUT2D eigenvalue weighted by atomic mass is 10.1. The number of ether oxygens (including phenoxy) is 2. The van der Waals surface area contributed by atoms with Crippen molar-refractivity contribution < 1.29 is 28.3 Å². The van der Waals surface area contributed by atoms with Crippen LogP contribution in [0.2, 0.25) is 5.02 Å². The van der Waals surface area contributed by atoms with E-state index < -0.39 is 17.8 Å². The smallest absolute Gasteiger partial charge is 0.348 e. The van der Waals surface area contributed by atoms with Crippen LogP contribution in [0.5, 0.6) is 5.75 Å². The third kappa shape index (κ3) is 6.77. The number of thioether (sulfide) groups is 1. The van der Waals surface area contributed by atoms with Gasteiger partial charge in [0.25, 0.3) is 17.0 Å².